The molecule has 13 nitrogen and oxygen atoms in total. The van der Waals surface area contributed by atoms with Gasteiger partial charge >= 0.3 is 12.1 Å². The lowest BCUT2D eigenvalue weighted by atomic mass is 9.83. The molecule has 63 heavy (non-hydrogen) atoms. The van der Waals surface area contributed by atoms with Gasteiger partial charge in [0.1, 0.15) is 18.2 Å². The van der Waals surface area contributed by atoms with Gasteiger partial charge in [0, 0.05) is 74.9 Å². The minimum Gasteiger partial charge on any atom is -0.481 e. The summed E-state index contributed by atoms with van der Waals surface area (Å²) in [6, 6.07) is 14.2. The van der Waals surface area contributed by atoms with Gasteiger partial charge in [0.05, 0.1) is 5.92 Å². The van der Waals surface area contributed by atoms with E-state index in [-0.39, 0.29) is 42.1 Å². The fourth-order valence-corrected chi connectivity index (χ4v) is 10.2. The van der Waals surface area contributed by atoms with Crippen molar-refractivity contribution in [2.75, 3.05) is 72.0 Å². The van der Waals surface area contributed by atoms with Gasteiger partial charge in [0.25, 0.3) is 5.91 Å². The summed E-state index contributed by atoms with van der Waals surface area (Å²) < 4.78 is 5.62. The van der Waals surface area contributed by atoms with E-state index in [1.165, 1.54) is 0 Å². The number of nitrogens with one attached hydrogen (secondary N) is 1. The van der Waals surface area contributed by atoms with Gasteiger partial charge in [-0.25, -0.2) is 4.79 Å². The number of carbonyl (C=O) groups excluding carboxylic acids is 4. The van der Waals surface area contributed by atoms with Crippen LogP contribution in [0.15, 0.2) is 48.5 Å². The molecular weight excluding hydrogens is 820 g/mol. The van der Waals surface area contributed by atoms with E-state index in [1.807, 2.05) is 67.0 Å². The predicted octanol–water partition coefficient (Wildman–Crippen LogP) is 6.85. The summed E-state index contributed by atoms with van der Waals surface area (Å²) in [7, 11) is 0. The molecule has 5 fully saturated rings. The van der Waals surface area contributed by atoms with Crippen LogP contribution in [0.5, 0.6) is 0 Å². The Kier molecular flexibility index (Phi) is 15.7. The van der Waals surface area contributed by atoms with E-state index in [4.69, 9.17) is 16.3 Å². The second-order valence-electron chi connectivity index (χ2n) is 19.8. The Morgan fingerprint density at radius 1 is 0.810 bits per heavy atom. The molecule has 0 aromatic heterocycles. The standard InChI is InChI=1S/C49H69ClN6O7/c1-49(2,3)63-48(62)56(41-18-19-41)33-43(57)55-22-8-13-39(31-55)37-11-7-12-38(29-37)45(58)51-44(36-9-5-4-6-10-36)46(59)54-27-25-53(26-28-54)30-34-20-23-52(24-21-34)32-42(47(60)61)35-14-16-40(50)17-15-35/h7,11-12,14-17,29,34,36,39,41-42,44H,4-6,8-10,13,18-28,30-33H2,1-3H3,(H,51,58)(H,60,61)/t39-,42?,44+/m0/s1. The van der Waals surface area contributed by atoms with Gasteiger partial charge in [-0.2, -0.15) is 0 Å². The molecule has 0 spiro atoms. The Bertz CT molecular complexity index is 1900. The van der Waals surface area contributed by atoms with Crippen LogP contribution in [0, 0.1) is 11.8 Å². The molecular formula is C49H69ClN6O7. The fourth-order valence-electron chi connectivity index (χ4n) is 10.1. The topological polar surface area (TPSA) is 143 Å². The molecule has 4 amide bonds. The molecule has 14 heteroatoms. The number of hydrogen-bond acceptors (Lipinski definition) is 8. The Balaban J connectivity index is 0.906. The van der Waals surface area contributed by atoms with Crippen LogP contribution in [0.4, 0.5) is 4.79 Å². The number of aliphatic carboxylic acids is 1. The summed E-state index contributed by atoms with van der Waals surface area (Å²) in [4.78, 5) is 77.3. The van der Waals surface area contributed by atoms with Crippen LogP contribution >= 0.6 is 11.6 Å². The summed E-state index contributed by atoms with van der Waals surface area (Å²) in [6.45, 7) is 12.7. The summed E-state index contributed by atoms with van der Waals surface area (Å²) >= 11 is 6.04. The number of nitrogens with zero attached hydrogens (tertiary/aromatic N) is 5. The quantitative estimate of drug-likeness (QED) is 0.208. The van der Waals surface area contributed by atoms with Crippen LogP contribution in [-0.2, 0) is 19.1 Å². The Labute approximate surface area is 378 Å². The summed E-state index contributed by atoms with van der Waals surface area (Å²) in [6.07, 6.45) is 10.1. The number of benzene rings is 2. The minimum absolute atomic E-state index is 0.00463. The monoisotopic (exact) mass is 888 g/mol. The average Bonchev–Trinajstić information content (AvgIpc) is 4.13. The van der Waals surface area contributed by atoms with Gasteiger partial charge < -0.3 is 29.9 Å². The fraction of sp³-hybridized carbons (Fsp3) is 0.653. The van der Waals surface area contributed by atoms with Crippen molar-refractivity contribution < 1.29 is 33.8 Å². The van der Waals surface area contributed by atoms with E-state index in [9.17, 15) is 29.1 Å². The van der Waals surface area contributed by atoms with E-state index in [1.54, 1.807) is 17.0 Å². The maximum absolute atomic E-state index is 14.4. The highest BCUT2D eigenvalue weighted by Gasteiger charge is 2.39. The maximum atomic E-state index is 14.4. The van der Waals surface area contributed by atoms with Gasteiger partial charge in [0.2, 0.25) is 11.8 Å². The van der Waals surface area contributed by atoms with Crippen molar-refractivity contribution in [3.63, 3.8) is 0 Å². The highest BCUT2D eigenvalue weighted by atomic mass is 35.5. The zero-order valence-electron chi connectivity index (χ0n) is 37.6. The number of carboxylic acid groups (broad SMARTS) is 1. The molecule has 0 radical (unpaired) electrons. The van der Waals surface area contributed by atoms with E-state index < -0.39 is 29.6 Å². The van der Waals surface area contributed by atoms with E-state index in [2.05, 4.69) is 15.1 Å². The number of carboxylic acids is 1. The first kappa shape index (κ1) is 46.8. The third-order valence-corrected chi connectivity index (χ3v) is 14.2. The molecule has 3 saturated heterocycles. The number of hydrogen-bond donors (Lipinski definition) is 2. The zero-order chi connectivity index (χ0) is 44.7. The molecule has 2 N–H and O–H groups in total. The summed E-state index contributed by atoms with van der Waals surface area (Å²) in [5.74, 6) is -1.06. The molecule has 3 aliphatic heterocycles. The SMILES string of the molecule is CC(C)(C)OC(=O)N(CC(=O)N1CCC[C@H](c2cccc(C(=O)N[C@@H](C(=O)N3CCN(CC4CCN(CC(C(=O)O)c5ccc(Cl)cc5)CC4)CC3)C3CCCCC3)c2)C1)C1CC1. The van der Waals surface area contributed by atoms with Crippen molar-refractivity contribution >= 4 is 41.4 Å². The lowest BCUT2D eigenvalue weighted by molar-refractivity contribution is -0.139. The highest BCUT2D eigenvalue weighted by molar-refractivity contribution is 6.30. The van der Waals surface area contributed by atoms with Crippen molar-refractivity contribution in [2.24, 2.45) is 11.8 Å². The van der Waals surface area contributed by atoms with Gasteiger partial charge in [-0.15, -0.1) is 0 Å². The number of piperidine rings is 2. The normalized spacial score (nSPS) is 21.9. The van der Waals surface area contributed by atoms with Crippen molar-refractivity contribution in [3.8, 4) is 0 Å². The van der Waals surface area contributed by atoms with E-state index in [0.717, 1.165) is 114 Å². The number of amides is 4. The Hall–Kier alpha value is -4.20. The molecule has 344 valence electrons. The van der Waals surface area contributed by atoms with Gasteiger partial charge in [-0.3, -0.25) is 29.0 Å². The van der Waals surface area contributed by atoms with Crippen molar-refractivity contribution in [1.29, 1.82) is 0 Å². The van der Waals surface area contributed by atoms with E-state index >= 15 is 0 Å². The van der Waals surface area contributed by atoms with E-state index in [0.29, 0.717) is 49.2 Å². The minimum atomic E-state index is -0.820. The van der Waals surface area contributed by atoms with Crippen LogP contribution in [-0.4, -0.2) is 149 Å². The first-order valence-corrected chi connectivity index (χ1v) is 24.0. The molecule has 2 saturated carbocycles. The maximum Gasteiger partial charge on any atom is 0.411 e. The number of piperazine rings is 1. The van der Waals surface area contributed by atoms with Crippen molar-refractivity contribution in [3.05, 3.63) is 70.2 Å². The molecule has 2 aromatic carbocycles. The third-order valence-electron chi connectivity index (χ3n) is 13.9. The second-order valence-corrected chi connectivity index (χ2v) is 20.2. The Morgan fingerprint density at radius 2 is 1.51 bits per heavy atom. The highest BCUT2D eigenvalue weighted by Crippen LogP contribution is 2.32. The van der Waals surface area contributed by atoms with Crippen LogP contribution in [0.25, 0.3) is 0 Å². The molecule has 3 heterocycles. The first-order valence-electron chi connectivity index (χ1n) is 23.6. The molecule has 2 aromatic rings. The zero-order valence-corrected chi connectivity index (χ0v) is 38.4. The number of carbonyl (C=O) groups is 5. The van der Waals surface area contributed by atoms with Gasteiger partial charge in [0.15, 0.2) is 0 Å². The second kappa shape index (κ2) is 21.2. The van der Waals surface area contributed by atoms with Crippen LogP contribution in [0.3, 0.4) is 0 Å². The van der Waals surface area contributed by atoms with Crippen molar-refractivity contribution in [1.82, 2.24) is 29.8 Å². The number of halogens is 1. The van der Waals surface area contributed by atoms with Crippen LogP contribution < -0.4 is 5.32 Å². The molecule has 3 atom stereocenters. The molecule has 5 aliphatic rings. The first-order chi connectivity index (χ1) is 30.2. The average molecular weight is 890 g/mol. The molecule has 1 unspecified atom stereocenters. The lowest BCUT2D eigenvalue weighted by Gasteiger charge is -2.41. The smallest absolute Gasteiger partial charge is 0.411 e. The number of rotatable bonds is 14. The third kappa shape index (κ3) is 13.0. The number of ether oxygens (including phenoxy) is 1. The van der Waals surface area contributed by atoms with Crippen molar-refractivity contribution in [2.45, 2.75) is 121 Å². The lowest BCUT2D eigenvalue weighted by Crippen LogP contribution is -2.57. The molecule has 0 bridgehead atoms. The summed E-state index contributed by atoms with van der Waals surface area (Å²) in [5.41, 5.74) is 1.65. The van der Waals surface area contributed by atoms with Crippen LogP contribution in [0.1, 0.15) is 125 Å². The number of likely N-dealkylation sites (tertiary alicyclic amines) is 2. The van der Waals surface area contributed by atoms with Gasteiger partial charge in [-0.05, 0) is 132 Å². The molecule has 7 rings (SSSR count). The van der Waals surface area contributed by atoms with Crippen LogP contribution in [0.2, 0.25) is 5.02 Å². The largest absolute Gasteiger partial charge is 0.481 e. The predicted molar refractivity (Wildman–Crippen MR) is 243 cm³/mol. The molecule has 2 aliphatic carbocycles. The Morgan fingerprint density at radius 3 is 2.16 bits per heavy atom. The van der Waals surface area contributed by atoms with Gasteiger partial charge in [-0.1, -0.05) is 55.1 Å². The summed E-state index contributed by atoms with van der Waals surface area (Å²) in [5, 5.41) is 13.8.